The fraction of sp³-hybridized carbons (Fsp3) is 0.953. The summed E-state index contributed by atoms with van der Waals surface area (Å²) >= 11 is 0. The summed E-state index contributed by atoms with van der Waals surface area (Å²) in [5.41, 5.74) is 0. The summed E-state index contributed by atoms with van der Waals surface area (Å²) in [6, 6.07) is 0. The fourth-order valence-electron chi connectivity index (χ4n) is 13.3. The van der Waals surface area contributed by atoms with Crippen molar-refractivity contribution in [2.45, 2.75) is 477 Å². The highest BCUT2D eigenvalue weighted by atomic mass is 31.2. The Kier molecular flexibility index (Phi) is 76.3. The second-order valence-corrected chi connectivity index (χ2v) is 34.0. The zero-order chi connectivity index (χ0) is 76.2. The number of carbonyl (C=O) groups is 4. The molecule has 5 atom stereocenters. The van der Waals surface area contributed by atoms with Crippen molar-refractivity contribution >= 4 is 39.5 Å². The van der Waals surface area contributed by atoms with Gasteiger partial charge in [0, 0.05) is 25.7 Å². The molecule has 0 amide bonds. The molecule has 0 saturated carbocycles. The first-order valence-electron chi connectivity index (χ1n) is 44.1. The van der Waals surface area contributed by atoms with Crippen LogP contribution in [0, 0.1) is 5.92 Å². The molecule has 0 saturated heterocycles. The molecule has 618 valence electrons. The molecule has 17 nitrogen and oxygen atoms in total. The van der Waals surface area contributed by atoms with E-state index in [1.54, 1.807) is 0 Å². The lowest BCUT2D eigenvalue weighted by Gasteiger charge is -2.21. The zero-order valence-electron chi connectivity index (χ0n) is 68.2. The van der Waals surface area contributed by atoms with Gasteiger partial charge in [-0.05, 0) is 31.6 Å². The van der Waals surface area contributed by atoms with Gasteiger partial charge in [0.15, 0.2) is 12.2 Å². The first-order chi connectivity index (χ1) is 50.5. The first-order valence-corrected chi connectivity index (χ1v) is 47.1. The van der Waals surface area contributed by atoms with Crippen LogP contribution in [0.1, 0.15) is 458 Å². The third kappa shape index (κ3) is 78.2. The lowest BCUT2D eigenvalue weighted by molar-refractivity contribution is -0.161. The van der Waals surface area contributed by atoms with Crippen LogP contribution >= 0.6 is 15.6 Å². The molecular weight excluding hydrogens is 1350 g/mol. The number of esters is 4. The molecular formula is C85H166O17P2. The molecule has 0 spiro atoms. The Bertz CT molecular complexity index is 1980. The van der Waals surface area contributed by atoms with Crippen LogP contribution in [-0.2, 0) is 65.4 Å². The van der Waals surface area contributed by atoms with Gasteiger partial charge in [-0.2, -0.15) is 0 Å². The van der Waals surface area contributed by atoms with Crippen molar-refractivity contribution in [1.82, 2.24) is 0 Å². The van der Waals surface area contributed by atoms with Crippen molar-refractivity contribution in [3.63, 3.8) is 0 Å². The van der Waals surface area contributed by atoms with Crippen molar-refractivity contribution < 1.29 is 80.2 Å². The Labute approximate surface area is 638 Å². The molecule has 0 radical (unpaired) electrons. The van der Waals surface area contributed by atoms with Crippen LogP contribution in [0.15, 0.2) is 0 Å². The van der Waals surface area contributed by atoms with Gasteiger partial charge in [-0.3, -0.25) is 37.3 Å². The Morgan fingerprint density at radius 2 is 0.442 bits per heavy atom. The largest absolute Gasteiger partial charge is 0.472 e. The molecule has 0 rings (SSSR count). The van der Waals surface area contributed by atoms with Crippen molar-refractivity contribution in [2.75, 3.05) is 39.6 Å². The minimum atomic E-state index is -4.96. The summed E-state index contributed by atoms with van der Waals surface area (Å²) in [4.78, 5) is 73.1. The van der Waals surface area contributed by atoms with Gasteiger partial charge >= 0.3 is 39.5 Å². The molecule has 0 aliphatic rings. The molecule has 0 aliphatic carbocycles. The number of hydrogen-bond acceptors (Lipinski definition) is 15. The highest BCUT2D eigenvalue weighted by molar-refractivity contribution is 7.47. The number of hydrogen-bond donors (Lipinski definition) is 3. The van der Waals surface area contributed by atoms with Gasteiger partial charge in [-0.1, -0.05) is 407 Å². The Balaban J connectivity index is 5.20. The number of phosphoric ester groups is 2. The second kappa shape index (κ2) is 77.8. The SMILES string of the molecule is CCCCCCCCCCCCCCCCCCCCCCCCC(=O)O[C@H](COC(=O)CCCCCCCCCCCCCCCCCCCC)COP(=O)(O)OC[C@@H](O)COP(=O)(O)OC[C@@H](COC(=O)CCCCCCCCC(C)C)OC(=O)CCCCCCCCCCCCCCCCC. The number of phosphoric acid groups is 2. The normalized spacial score (nSPS) is 13.8. The highest BCUT2D eigenvalue weighted by Gasteiger charge is 2.30. The zero-order valence-corrected chi connectivity index (χ0v) is 70.0. The quantitative estimate of drug-likeness (QED) is 0.0222. The van der Waals surface area contributed by atoms with Crippen LogP contribution in [0.4, 0.5) is 0 Å². The minimum Gasteiger partial charge on any atom is -0.462 e. The number of aliphatic hydroxyl groups is 1. The van der Waals surface area contributed by atoms with E-state index in [-0.39, 0.29) is 25.7 Å². The fourth-order valence-corrected chi connectivity index (χ4v) is 14.9. The number of carbonyl (C=O) groups excluding carboxylic acids is 4. The monoisotopic (exact) mass is 1520 g/mol. The number of ether oxygens (including phenoxy) is 4. The number of rotatable bonds is 85. The van der Waals surface area contributed by atoms with E-state index in [4.69, 9.17) is 37.0 Å². The molecule has 2 unspecified atom stereocenters. The molecule has 3 N–H and O–H groups in total. The maximum atomic E-state index is 13.1. The van der Waals surface area contributed by atoms with Crippen molar-refractivity contribution in [3.05, 3.63) is 0 Å². The summed E-state index contributed by atoms with van der Waals surface area (Å²) < 4.78 is 68.8. The molecule has 0 aromatic rings. The smallest absolute Gasteiger partial charge is 0.462 e. The van der Waals surface area contributed by atoms with Crippen LogP contribution < -0.4 is 0 Å². The second-order valence-electron chi connectivity index (χ2n) is 31.1. The van der Waals surface area contributed by atoms with Crippen LogP contribution in [0.5, 0.6) is 0 Å². The Morgan fingerprint density at radius 3 is 0.654 bits per heavy atom. The topological polar surface area (TPSA) is 237 Å². The third-order valence-corrected chi connectivity index (χ3v) is 21.9. The third-order valence-electron chi connectivity index (χ3n) is 20.0. The molecule has 104 heavy (non-hydrogen) atoms. The summed E-state index contributed by atoms with van der Waals surface area (Å²) in [5, 5.41) is 10.7. The van der Waals surface area contributed by atoms with Crippen LogP contribution in [0.25, 0.3) is 0 Å². The summed E-state index contributed by atoms with van der Waals surface area (Å²) in [6.07, 6.45) is 71.1. The Morgan fingerprint density at radius 1 is 0.260 bits per heavy atom. The Hall–Kier alpha value is -1.94. The van der Waals surface area contributed by atoms with E-state index in [0.717, 1.165) is 96.3 Å². The van der Waals surface area contributed by atoms with Gasteiger partial charge in [-0.25, -0.2) is 9.13 Å². The van der Waals surface area contributed by atoms with Crippen LogP contribution in [-0.4, -0.2) is 96.7 Å². The highest BCUT2D eigenvalue weighted by Crippen LogP contribution is 2.45. The minimum absolute atomic E-state index is 0.108. The maximum Gasteiger partial charge on any atom is 0.472 e. The number of unbranched alkanes of at least 4 members (excludes halogenated alkanes) is 57. The lowest BCUT2D eigenvalue weighted by atomic mass is 10.0. The predicted octanol–water partition coefficient (Wildman–Crippen LogP) is 26.0. The molecule has 0 aliphatic heterocycles. The van der Waals surface area contributed by atoms with Crippen molar-refractivity contribution in [1.29, 1.82) is 0 Å². The van der Waals surface area contributed by atoms with Gasteiger partial charge in [0.1, 0.15) is 19.3 Å². The molecule has 0 aromatic heterocycles. The van der Waals surface area contributed by atoms with Gasteiger partial charge < -0.3 is 33.8 Å². The van der Waals surface area contributed by atoms with Crippen molar-refractivity contribution in [3.8, 4) is 0 Å². The van der Waals surface area contributed by atoms with Crippen molar-refractivity contribution in [2.24, 2.45) is 5.92 Å². The van der Waals surface area contributed by atoms with E-state index in [2.05, 4.69) is 34.6 Å². The summed E-state index contributed by atoms with van der Waals surface area (Å²) in [7, 11) is -9.92. The van der Waals surface area contributed by atoms with E-state index in [0.29, 0.717) is 31.6 Å². The molecule has 0 fully saturated rings. The van der Waals surface area contributed by atoms with Crippen LogP contribution in [0.2, 0.25) is 0 Å². The molecule has 0 heterocycles. The average Bonchev–Trinajstić information content (AvgIpc) is 0.940. The van der Waals surface area contributed by atoms with E-state index in [1.807, 2.05) is 0 Å². The number of aliphatic hydroxyl groups excluding tert-OH is 1. The van der Waals surface area contributed by atoms with Gasteiger partial charge in [0.25, 0.3) is 0 Å². The standard InChI is InChI=1S/C85H166O17P2/c1-6-9-12-15-18-21-24-27-30-32-34-35-36-37-39-42-45-48-51-54-61-66-70-84(89)101-80(74-95-82(87)68-63-58-52-49-46-43-41-38-33-31-28-25-22-19-16-13-10-7-2)76-99-103(91,92)97-72-79(86)73-98-104(93,94)100-77-81(75-96-83(88)69-64-59-56-55-57-62-67-78(4)5)102-85(90)71-65-60-53-50-47-44-40-29-26-23-20-17-14-11-8-3/h78-81,86H,6-77H2,1-5H3,(H,91,92)(H,93,94)/t79-,80-,81-/m1/s1. The van der Waals surface area contributed by atoms with E-state index in [1.165, 1.54) is 276 Å². The average molecular weight is 1520 g/mol. The summed E-state index contributed by atoms with van der Waals surface area (Å²) in [5.74, 6) is -1.42. The maximum absolute atomic E-state index is 13.1. The summed E-state index contributed by atoms with van der Waals surface area (Å²) in [6.45, 7) is 7.27. The van der Waals surface area contributed by atoms with Gasteiger partial charge in [0.05, 0.1) is 26.4 Å². The van der Waals surface area contributed by atoms with E-state index >= 15 is 0 Å². The molecule has 19 heteroatoms. The van der Waals surface area contributed by atoms with E-state index < -0.39 is 97.5 Å². The predicted molar refractivity (Wildman–Crippen MR) is 428 cm³/mol. The van der Waals surface area contributed by atoms with E-state index in [9.17, 15) is 43.2 Å². The van der Waals surface area contributed by atoms with Gasteiger partial charge in [-0.15, -0.1) is 0 Å². The first kappa shape index (κ1) is 102. The van der Waals surface area contributed by atoms with Gasteiger partial charge in [0.2, 0.25) is 0 Å². The lowest BCUT2D eigenvalue weighted by Crippen LogP contribution is -2.30. The molecule has 0 bridgehead atoms. The molecule has 0 aromatic carbocycles. The van der Waals surface area contributed by atoms with Crippen LogP contribution in [0.3, 0.4) is 0 Å².